The van der Waals surface area contributed by atoms with Crippen molar-refractivity contribution in [1.82, 2.24) is 9.55 Å². The van der Waals surface area contributed by atoms with Gasteiger partial charge in [0.25, 0.3) is 11.5 Å². The fourth-order valence-corrected chi connectivity index (χ4v) is 4.75. The lowest BCUT2D eigenvalue weighted by Gasteiger charge is -2.24. The number of nitrogens with zero attached hydrogens (tertiary/aromatic N) is 2. The Morgan fingerprint density at radius 2 is 2.00 bits per heavy atom. The van der Waals surface area contributed by atoms with E-state index in [4.69, 9.17) is 17.3 Å². The van der Waals surface area contributed by atoms with Crippen molar-refractivity contribution in [2.24, 2.45) is 5.92 Å². The van der Waals surface area contributed by atoms with Crippen LogP contribution >= 0.6 is 22.9 Å². The number of amides is 1. The van der Waals surface area contributed by atoms with Gasteiger partial charge in [-0.05, 0) is 18.4 Å². The third-order valence-electron chi connectivity index (χ3n) is 4.74. The predicted molar refractivity (Wildman–Crippen MR) is 124 cm³/mol. The molecule has 1 amide bonds. The van der Waals surface area contributed by atoms with Gasteiger partial charge in [-0.15, -0.1) is 11.3 Å². The zero-order valence-electron chi connectivity index (χ0n) is 17.2. The van der Waals surface area contributed by atoms with Gasteiger partial charge in [-0.25, -0.2) is 4.79 Å². The topological polar surface area (TPSA) is 101 Å². The third kappa shape index (κ3) is 4.15. The Labute approximate surface area is 183 Å². The minimum Gasteiger partial charge on any atom is -0.383 e. The minimum atomic E-state index is -0.681. The Bertz CT molecular complexity index is 1200. The number of unbranched alkanes of at least 4 members (excludes halogenated alkanes) is 1. The molecular weight excluding hydrogens is 424 g/mol. The van der Waals surface area contributed by atoms with Crippen LogP contribution < -0.4 is 21.9 Å². The molecule has 0 aliphatic carbocycles. The summed E-state index contributed by atoms with van der Waals surface area (Å²) in [7, 11) is 0. The first-order valence-corrected chi connectivity index (χ1v) is 11.1. The molecule has 0 aliphatic rings. The number of rotatable bonds is 7. The number of aromatic nitrogens is 2. The number of benzene rings is 1. The van der Waals surface area contributed by atoms with Gasteiger partial charge < -0.3 is 5.73 Å². The lowest BCUT2D eigenvalue weighted by Crippen LogP contribution is -2.42. The predicted octanol–water partition coefficient (Wildman–Crippen LogP) is 4.09. The number of anilines is 2. The van der Waals surface area contributed by atoms with E-state index in [-0.39, 0.29) is 24.0 Å². The normalized spacial score (nSPS) is 11.4. The Morgan fingerprint density at radius 1 is 1.30 bits per heavy atom. The molecule has 0 aliphatic heterocycles. The summed E-state index contributed by atoms with van der Waals surface area (Å²) in [6.07, 6.45) is 1.48. The highest BCUT2D eigenvalue weighted by atomic mass is 35.5. The van der Waals surface area contributed by atoms with Crippen LogP contribution in [0.5, 0.6) is 0 Å². The van der Waals surface area contributed by atoms with Crippen molar-refractivity contribution >= 4 is 50.4 Å². The second-order valence-corrected chi connectivity index (χ2v) is 8.98. The number of aromatic amines is 1. The molecule has 30 heavy (non-hydrogen) atoms. The van der Waals surface area contributed by atoms with E-state index in [9.17, 15) is 14.4 Å². The summed E-state index contributed by atoms with van der Waals surface area (Å²) >= 11 is 7.79. The van der Waals surface area contributed by atoms with Gasteiger partial charge in [0.1, 0.15) is 10.7 Å². The number of hydrogen-bond donors (Lipinski definition) is 2. The molecule has 9 heteroatoms. The van der Waals surface area contributed by atoms with Crippen molar-refractivity contribution in [3.63, 3.8) is 0 Å². The number of carbonyl (C=O) groups is 1. The number of fused-ring (bicyclic) bond motifs is 1. The molecule has 0 atom stereocenters. The van der Waals surface area contributed by atoms with Gasteiger partial charge in [-0.1, -0.05) is 57.0 Å². The Balaban J connectivity index is 2.17. The van der Waals surface area contributed by atoms with Gasteiger partial charge in [0.15, 0.2) is 5.69 Å². The molecule has 0 saturated heterocycles. The van der Waals surface area contributed by atoms with E-state index in [1.54, 1.807) is 0 Å². The summed E-state index contributed by atoms with van der Waals surface area (Å²) in [5.74, 6) is -0.290. The lowest BCUT2D eigenvalue weighted by molar-refractivity contribution is 0.0990. The molecule has 2 heterocycles. The van der Waals surface area contributed by atoms with Crippen LogP contribution in [0.15, 0.2) is 33.9 Å². The summed E-state index contributed by atoms with van der Waals surface area (Å²) in [5, 5.41) is 1.14. The highest BCUT2D eigenvalue weighted by Gasteiger charge is 2.28. The van der Waals surface area contributed by atoms with Gasteiger partial charge in [-0.3, -0.25) is 24.0 Å². The van der Waals surface area contributed by atoms with E-state index in [2.05, 4.69) is 4.98 Å². The average Bonchev–Trinajstić information content (AvgIpc) is 3.04. The molecule has 0 unspecified atom stereocenters. The van der Waals surface area contributed by atoms with Crippen LogP contribution in [0.1, 0.15) is 43.3 Å². The van der Waals surface area contributed by atoms with E-state index >= 15 is 0 Å². The summed E-state index contributed by atoms with van der Waals surface area (Å²) in [6.45, 7) is 6.48. The van der Waals surface area contributed by atoms with Gasteiger partial charge in [0, 0.05) is 23.2 Å². The Morgan fingerprint density at radius 3 is 2.63 bits per heavy atom. The van der Waals surface area contributed by atoms with Gasteiger partial charge in [0.05, 0.1) is 5.02 Å². The van der Waals surface area contributed by atoms with Crippen molar-refractivity contribution in [3.05, 3.63) is 55.0 Å². The molecule has 3 N–H and O–H groups in total. The maximum atomic E-state index is 13.5. The first-order valence-electron chi connectivity index (χ1n) is 9.87. The summed E-state index contributed by atoms with van der Waals surface area (Å²) in [6, 6.07) is 7.48. The van der Waals surface area contributed by atoms with Crippen molar-refractivity contribution in [1.29, 1.82) is 0 Å². The lowest BCUT2D eigenvalue weighted by atomic mass is 10.2. The molecule has 0 spiro atoms. The maximum Gasteiger partial charge on any atom is 0.330 e. The number of halogens is 1. The summed E-state index contributed by atoms with van der Waals surface area (Å²) in [5.41, 5.74) is 4.98. The zero-order chi connectivity index (χ0) is 22.0. The van der Waals surface area contributed by atoms with Crippen LogP contribution in [0.2, 0.25) is 5.02 Å². The number of thiophene rings is 1. The number of carbonyl (C=O) groups excluding carboxylic acids is 1. The number of hydrogen-bond acceptors (Lipinski definition) is 5. The first kappa shape index (κ1) is 22.1. The molecule has 0 saturated carbocycles. The molecule has 1 aromatic carbocycles. The van der Waals surface area contributed by atoms with Crippen LogP contribution in [0.25, 0.3) is 10.1 Å². The molecule has 2 aromatic heterocycles. The molecule has 160 valence electrons. The van der Waals surface area contributed by atoms with Gasteiger partial charge >= 0.3 is 5.69 Å². The number of nitrogens with two attached hydrogens (primary N) is 1. The molecule has 3 rings (SSSR count). The standard InChI is InChI=1S/C21H25ClN4O3S/c1-4-5-10-25(16-18(23)26(11-12(2)3)21(29)24-19(16)27)20(28)17-15(22)13-8-6-7-9-14(13)30-17/h6-9,12H,4-5,10-11,23H2,1-3H3,(H,24,27,29). The maximum absolute atomic E-state index is 13.5. The van der Waals surface area contributed by atoms with Crippen LogP contribution in [-0.4, -0.2) is 22.0 Å². The molecule has 0 fully saturated rings. The van der Waals surface area contributed by atoms with Crippen molar-refractivity contribution in [2.75, 3.05) is 17.2 Å². The second kappa shape index (κ2) is 9.06. The number of H-pyrrole nitrogens is 1. The van der Waals surface area contributed by atoms with Crippen molar-refractivity contribution in [2.45, 2.75) is 40.2 Å². The summed E-state index contributed by atoms with van der Waals surface area (Å²) < 4.78 is 2.19. The molecule has 0 radical (unpaired) electrons. The highest BCUT2D eigenvalue weighted by molar-refractivity contribution is 7.21. The molecule has 7 nitrogen and oxygen atoms in total. The Hall–Kier alpha value is -2.58. The molecule has 0 bridgehead atoms. The molecular formula is C21H25ClN4O3S. The van der Waals surface area contributed by atoms with E-state index in [0.29, 0.717) is 22.9 Å². The summed E-state index contributed by atoms with van der Waals surface area (Å²) in [4.78, 5) is 42.5. The quantitative estimate of drug-likeness (QED) is 0.568. The van der Waals surface area contributed by atoms with Crippen molar-refractivity contribution < 1.29 is 4.79 Å². The van der Waals surface area contributed by atoms with Crippen LogP contribution in [0.3, 0.4) is 0 Å². The smallest absolute Gasteiger partial charge is 0.330 e. The monoisotopic (exact) mass is 448 g/mol. The van der Waals surface area contributed by atoms with Crippen molar-refractivity contribution in [3.8, 4) is 0 Å². The third-order valence-corrected chi connectivity index (χ3v) is 6.40. The SMILES string of the molecule is CCCCN(C(=O)c1sc2ccccc2c1Cl)c1c(N)n(CC(C)C)c(=O)[nH]c1=O. The minimum absolute atomic E-state index is 0.0118. The largest absolute Gasteiger partial charge is 0.383 e. The van der Waals surface area contributed by atoms with E-state index in [1.807, 2.05) is 45.0 Å². The van der Waals surface area contributed by atoms with Crippen LogP contribution in [0, 0.1) is 5.92 Å². The van der Waals surface area contributed by atoms with Gasteiger partial charge in [0.2, 0.25) is 0 Å². The highest BCUT2D eigenvalue weighted by Crippen LogP contribution is 2.36. The van der Waals surface area contributed by atoms with E-state index in [0.717, 1.165) is 16.5 Å². The molecule has 3 aromatic rings. The fourth-order valence-electron chi connectivity index (χ4n) is 3.29. The average molecular weight is 449 g/mol. The van der Waals surface area contributed by atoms with Crippen LogP contribution in [-0.2, 0) is 6.54 Å². The Kier molecular flexibility index (Phi) is 6.67. The van der Waals surface area contributed by atoms with Crippen LogP contribution in [0.4, 0.5) is 11.5 Å². The van der Waals surface area contributed by atoms with E-state index < -0.39 is 17.2 Å². The zero-order valence-corrected chi connectivity index (χ0v) is 18.8. The van der Waals surface area contributed by atoms with Gasteiger partial charge in [-0.2, -0.15) is 0 Å². The van der Waals surface area contributed by atoms with E-state index in [1.165, 1.54) is 20.8 Å². The first-order chi connectivity index (χ1) is 14.3. The fraction of sp³-hybridized carbons (Fsp3) is 0.381. The number of nitrogens with one attached hydrogen (secondary N) is 1. The second-order valence-electron chi connectivity index (χ2n) is 7.55. The number of nitrogen functional groups attached to an aromatic ring is 1.